The molecule has 3 aliphatic heterocycles. The molecular formula is C24H26N4O. The number of aliphatic imine (C=N–C) groups is 1. The van der Waals surface area contributed by atoms with Crippen LogP contribution in [0.1, 0.15) is 23.1 Å². The maximum Gasteiger partial charge on any atom is 0.259 e. The Labute approximate surface area is 171 Å². The number of hydrogen-bond donors (Lipinski definition) is 0. The minimum absolute atomic E-state index is 0.121. The third kappa shape index (κ3) is 3.47. The zero-order chi connectivity index (χ0) is 19.8. The molecule has 0 aromatic heterocycles. The van der Waals surface area contributed by atoms with Crippen molar-refractivity contribution in [3.05, 3.63) is 82.6 Å². The monoisotopic (exact) mass is 386 g/mol. The number of nitrogens with zero attached hydrogens (tertiary/aromatic N) is 4. The molecule has 148 valence electrons. The molecule has 0 bridgehead atoms. The van der Waals surface area contributed by atoms with Gasteiger partial charge in [-0.05, 0) is 18.1 Å². The van der Waals surface area contributed by atoms with Crippen LogP contribution >= 0.6 is 0 Å². The molecule has 3 heterocycles. The lowest BCUT2D eigenvalue weighted by atomic mass is 10.00. The topological polar surface area (TPSA) is 39.2 Å². The lowest BCUT2D eigenvalue weighted by Gasteiger charge is -2.42. The Balaban J connectivity index is 1.40. The quantitative estimate of drug-likeness (QED) is 0.810. The van der Waals surface area contributed by atoms with E-state index >= 15 is 0 Å². The van der Waals surface area contributed by atoms with E-state index in [1.807, 2.05) is 11.0 Å². The highest BCUT2D eigenvalue weighted by Gasteiger charge is 2.40. The van der Waals surface area contributed by atoms with Crippen LogP contribution in [0.25, 0.3) is 0 Å². The third-order valence-electron chi connectivity index (χ3n) is 5.99. The van der Waals surface area contributed by atoms with Crippen LogP contribution in [0.5, 0.6) is 0 Å². The Morgan fingerprint density at radius 3 is 2.48 bits per heavy atom. The molecular weight excluding hydrogens is 360 g/mol. The van der Waals surface area contributed by atoms with Crippen LogP contribution in [0.4, 0.5) is 0 Å². The summed E-state index contributed by atoms with van der Waals surface area (Å²) in [7, 11) is 0. The van der Waals surface area contributed by atoms with Gasteiger partial charge in [-0.15, -0.1) is 0 Å². The highest BCUT2D eigenvalue weighted by atomic mass is 16.2. The summed E-state index contributed by atoms with van der Waals surface area (Å²) >= 11 is 0. The van der Waals surface area contributed by atoms with Crippen LogP contribution < -0.4 is 0 Å². The van der Waals surface area contributed by atoms with Crippen molar-refractivity contribution in [3.8, 4) is 0 Å². The number of hydrogen-bond acceptors (Lipinski definition) is 4. The highest BCUT2D eigenvalue weighted by molar-refractivity contribution is 6.09. The van der Waals surface area contributed by atoms with Crippen LogP contribution in [-0.4, -0.2) is 52.7 Å². The number of fused-ring (bicyclic) bond motifs is 2. The first kappa shape index (κ1) is 18.1. The van der Waals surface area contributed by atoms with Crippen molar-refractivity contribution in [2.75, 3.05) is 26.2 Å². The molecule has 0 saturated heterocycles. The number of carbonyl (C=O) groups is 1. The summed E-state index contributed by atoms with van der Waals surface area (Å²) in [6, 6.07) is 18.9. The maximum atomic E-state index is 13.5. The molecule has 2 aromatic carbocycles. The van der Waals surface area contributed by atoms with E-state index in [2.05, 4.69) is 70.2 Å². The molecule has 1 amide bonds. The van der Waals surface area contributed by atoms with Gasteiger partial charge in [0.05, 0.1) is 18.7 Å². The molecule has 5 heteroatoms. The van der Waals surface area contributed by atoms with Crippen LogP contribution in [-0.2, 0) is 17.9 Å². The number of aryl methyl sites for hydroxylation is 1. The fraction of sp³-hybridized carbons (Fsp3) is 0.333. The van der Waals surface area contributed by atoms with E-state index in [-0.39, 0.29) is 5.91 Å². The number of carbonyl (C=O) groups excluding carboxylic acids is 1. The van der Waals surface area contributed by atoms with Crippen molar-refractivity contribution in [2.45, 2.75) is 26.4 Å². The summed E-state index contributed by atoms with van der Waals surface area (Å²) in [5.41, 5.74) is 5.79. The smallest absolute Gasteiger partial charge is 0.259 e. The van der Waals surface area contributed by atoms with Gasteiger partial charge in [-0.1, -0.05) is 60.2 Å². The van der Waals surface area contributed by atoms with Crippen molar-refractivity contribution < 1.29 is 4.79 Å². The summed E-state index contributed by atoms with van der Waals surface area (Å²) in [4.78, 5) is 24.7. The standard InChI is InChI=1S/C24H26N4O/c1-18-7-9-20(10-8-18)16-28-23(29)21-17-26(15-19-5-3-2-4-6-19)13-11-22(21)27-14-12-25-24(27)28/h2-10H,11-17H2,1H3. The van der Waals surface area contributed by atoms with Crippen LogP contribution in [0.15, 0.2) is 70.9 Å². The first-order valence-electron chi connectivity index (χ1n) is 10.4. The van der Waals surface area contributed by atoms with E-state index in [9.17, 15) is 4.79 Å². The van der Waals surface area contributed by atoms with E-state index in [0.717, 1.165) is 49.7 Å². The Hall–Kier alpha value is -2.92. The van der Waals surface area contributed by atoms with Crippen molar-refractivity contribution in [2.24, 2.45) is 4.99 Å². The Bertz CT molecular complexity index is 978. The largest absolute Gasteiger partial charge is 0.314 e. The second-order valence-electron chi connectivity index (χ2n) is 8.08. The lowest BCUT2D eigenvalue weighted by Crippen LogP contribution is -2.53. The molecule has 0 N–H and O–H groups in total. The van der Waals surface area contributed by atoms with Gasteiger partial charge in [0.25, 0.3) is 5.91 Å². The Kier molecular flexibility index (Phi) is 4.68. The Morgan fingerprint density at radius 2 is 1.69 bits per heavy atom. The van der Waals surface area contributed by atoms with Gasteiger partial charge in [-0.2, -0.15) is 0 Å². The van der Waals surface area contributed by atoms with Crippen molar-refractivity contribution in [3.63, 3.8) is 0 Å². The zero-order valence-corrected chi connectivity index (χ0v) is 16.8. The molecule has 0 unspecified atom stereocenters. The van der Waals surface area contributed by atoms with E-state index in [1.165, 1.54) is 16.8 Å². The molecule has 3 aliphatic rings. The minimum Gasteiger partial charge on any atom is -0.314 e. The predicted molar refractivity (Wildman–Crippen MR) is 114 cm³/mol. The summed E-state index contributed by atoms with van der Waals surface area (Å²) in [6.07, 6.45) is 0.908. The SMILES string of the molecule is Cc1ccc(CN2C(=O)C3=C(CCN(Cc4ccccc4)C3)N3CCN=C23)cc1. The van der Waals surface area contributed by atoms with Crippen molar-refractivity contribution >= 4 is 11.9 Å². The molecule has 5 nitrogen and oxygen atoms in total. The van der Waals surface area contributed by atoms with E-state index in [0.29, 0.717) is 13.1 Å². The van der Waals surface area contributed by atoms with Gasteiger partial charge in [0.15, 0.2) is 0 Å². The lowest BCUT2D eigenvalue weighted by molar-refractivity contribution is -0.125. The number of guanidine groups is 1. The second-order valence-corrected chi connectivity index (χ2v) is 8.08. The Morgan fingerprint density at radius 1 is 0.931 bits per heavy atom. The average molecular weight is 386 g/mol. The summed E-state index contributed by atoms with van der Waals surface area (Å²) in [5.74, 6) is 0.959. The average Bonchev–Trinajstić information content (AvgIpc) is 3.23. The molecule has 0 aliphatic carbocycles. The fourth-order valence-electron chi connectivity index (χ4n) is 4.47. The van der Waals surface area contributed by atoms with Gasteiger partial charge in [0, 0.05) is 38.3 Å². The zero-order valence-electron chi connectivity index (χ0n) is 16.8. The van der Waals surface area contributed by atoms with Gasteiger partial charge < -0.3 is 4.90 Å². The summed E-state index contributed by atoms with van der Waals surface area (Å²) in [6.45, 7) is 6.86. The molecule has 0 saturated carbocycles. The molecule has 2 aromatic rings. The van der Waals surface area contributed by atoms with Crippen LogP contribution in [0.3, 0.4) is 0 Å². The number of rotatable bonds is 4. The molecule has 5 rings (SSSR count). The molecule has 0 fully saturated rings. The molecule has 29 heavy (non-hydrogen) atoms. The van der Waals surface area contributed by atoms with Gasteiger partial charge in [-0.3, -0.25) is 19.6 Å². The van der Waals surface area contributed by atoms with Crippen molar-refractivity contribution in [1.29, 1.82) is 0 Å². The van der Waals surface area contributed by atoms with E-state index in [1.54, 1.807) is 0 Å². The van der Waals surface area contributed by atoms with Crippen LogP contribution in [0, 0.1) is 6.92 Å². The number of amides is 1. The second kappa shape index (κ2) is 7.48. The highest BCUT2D eigenvalue weighted by Crippen LogP contribution is 2.32. The van der Waals surface area contributed by atoms with Crippen molar-refractivity contribution in [1.82, 2.24) is 14.7 Å². The van der Waals surface area contributed by atoms with Crippen LogP contribution in [0.2, 0.25) is 0 Å². The predicted octanol–water partition coefficient (Wildman–Crippen LogP) is 3.17. The normalized spacial score (nSPS) is 19.3. The van der Waals surface area contributed by atoms with Gasteiger partial charge >= 0.3 is 0 Å². The third-order valence-corrected chi connectivity index (χ3v) is 5.99. The summed E-state index contributed by atoms with van der Waals surface area (Å²) in [5, 5.41) is 0. The molecule has 0 radical (unpaired) electrons. The first-order chi connectivity index (χ1) is 14.2. The number of benzene rings is 2. The van der Waals surface area contributed by atoms with E-state index in [4.69, 9.17) is 0 Å². The molecule has 0 spiro atoms. The summed E-state index contributed by atoms with van der Waals surface area (Å²) < 4.78 is 0. The molecule has 0 atom stereocenters. The fourth-order valence-corrected chi connectivity index (χ4v) is 4.47. The van der Waals surface area contributed by atoms with Gasteiger partial charge in [-0.25, -0.2) is 0 Å². The maximum absolute atomic E-state index is 13.5. The van der Waals surface area contributed by atoms with Gasteiger partial charge in [0.1, 0.15) is 0 Å². The van der Waals surface area contributed by atoms with E-state index < -0.39 is 0 Å². The van der Waals surface area contributed by atoms with Gasteiger partial charge in [0.2, 0.25) is 5.96 Å². The minimum atomic E-state index is 0.121. The first-order valence-corrected chi connectivity index (χ1v) is 10.4.